The number of benzene rings is 1. The lowest BCUT2D eigenvalue weighted by molar-refractivity contribution is 0.0970. The van der Waals surface area contributed by atoms with Gasteiger partial charge in [-0.15, -0.1) is 0 Å². The minimum atomic E-state index is -0.130. The number of nitrogens with one attached hydrogen (secondary N) is 1. The third-order valence-electron chi connectivity index (χ3n) is 5.16. The van der Waals surface area contributed by atoms with E-state index in [2.05, 4.69) is 10.2 Å². The first kappa shape index (κ1) is 15.0. The van der Waals surface area contributed by atoms with Gasteiger partial charge < -0.3 is 10.2 Å². The summed E-state index contributed by atoms with van der Waals surface area (Å²) in [5.41, 5.74) is 1.66. The molecule has 21 heavy (non-hydrogen) atoms. The molecule has 2 nitrogen and oxygen atoms in total. The average Bonchev–Trinajstić information content (AvgIpc) is 2.51. The number of hydrogen-bond acceptors (Lipinski definition) is 2. The van der Waals surface area contributed by atoms with E-state index in [0.29, 0.717) is 5.41 Å². The minimum absolute atomic E-state index is 0.130. The Morgan fingerprint density at radius 1 is 1.00 bits per heavy atom. The van der Waals surface area contributed by atoms with Crippen LogP contribution in [0, 0.1) is 11.2 Å². The van der Waals surface area contributed by atoms with Gasteiger partial charge in [0.2, 0.25) is 0 Å². The fourth-order valence-corrected chi connectivity index (χ4v) is 3.98. The van der Waals surface area contributed by atoms with Crippen LogP contribution in [0.15, 0.2) is 24.3 Å². The summed E-state index contributed by atoms with van der Waals surface area (Å²) in [6, 6.07) is 7.14. The molecule has 0 atom stereocenters. The molecule has 2 heterocycles. The molecule has 0 aliphatic carbocycles. The zero-order valence-corrected chi connectivity index (χ0v) is 12.9. The SMILES string of the molecule is Fc1ccc(CC2(CN3CCCCC3)CCNCC2)cc1. The van der Waals surface area contributed by atoms with E-state index >= 15 is 0 Å². The molecule has 3 rings (SSSR count). The molecule has 0 unspecified atom stereocenters. The zero-order valence-electron chi connectivity index (χ0n) is 12.9. The standard InChI is InChI=1S/C18H27FN2/c19-17-6-4-16(5-7-17)14-18(8-10-20-11-9-18)15-21-12-2-1-3-13-21/h4-7,20H,1-3,8-15H2. The van der Waals surface area contributed by atoms with E-state index in [4.69, 9.17) is 0 Å². The molecule has 2 fully saturated rings. The van der Waals surface area contributed by atoms with Crippen molar-refractivity contribution < 1.29 is 4.39 Å². The van der Waals surface area contributed by atoms with E-state index < -0.39 is 0 Å². The summed E-state index contributed by atoms with van der Waals surface area (Å²) in [6.07, 6.45) is 7.66. The van der Waals surface area contributed by atoms with Gasteiger partial charge in [0.15, 0.2) is 0 Å². The molecule has 1 aromatic rings. The zero-order chi connectivity index (χ0) is 14.5. The van der Waals surface area contributed by atoms with Crippen molar-refractivity contribution >= 4 is 0 Å². The lowest BCUT2D eigenvalue weighted by Gasteiger charge is -2.42. The maximum Gasteiger partial charge on any atom is 0.123 e. The van der Waals surface area contributed by atoms with Crippen LogP contribution >= 0.6 is 0 Å². The number of likely N-dealkylation sites (tertiary alicyclic amines) is 1. The Bertz CT molecular complexity index is 431. The Kier molecular flexibility index (Phi) is 4.91. The highest BCUT2D eigenvalue weighted by Crippen LogP contribution is 2.34. The third kappa shape index (κ3) is 4.04. The number of hydrogen-bond donors (Lipinski definition) is 1. The predicted octanol–water partition coefficient (Wildman–Crippen LogP) is 3.22. The number of piperidine rings is 2. The smallest absolute Gasteiger partial charge is 0.123 e. The van der Waals surface area contributed by atoms with E-state index in [9.17, 15) is 4.39 Å². The number of rotatable bonds is 4. The highest BCUT2D eigenvalue weighted by Gasteiger charge is 2.34. The van der Waals surface area contributed by atoms with Crippen LogP contribution in [0.5, 0.6) is 0 Å². The Balaban J connectivity index is 1.70. The first-order chi connectivity index (χ1) is 10.3. The van der Waals surface area contributed by atoms with Crippen molar-refractivity contribution in [3.8, 4) is 0 Å². The summed E-state index contributed by atoms with van der Waals surface area (Å²) >= 11 is 0. The summed E-state index contributed by atoms with van der Waals surface area (Å²) in [6.45, 7) is 5.98. The normalized spacial score (nSPS) is 23.1. The topological polar surface area (TPSA) is 15.3 Å². The summed E-state index contributed by atoms with van der Waals surface area (Å²) in [5.74, 6) is -0.130. The molecule has 2 aliphatic heterocycles. The molecule has 0 amide bonds. The van der Waals surface area contributed by atoms with E-state index in [1.807, 2.05) is 12.1 Å². The summed E-state index contributed by atoms with van der Waals surface area (Å²) in [7, 11) is 0. The van der Waals surface area contributed by atoms with E-state index in [0.717, 1.165) is 19.5 Å². The minimum Gasteiger partial charge on any atom is -0.317 e. The molecule has 0 bridgehead atoms. The van der Waals surface area contributed by atoms with Crippen molar-refractivity contribution in [3.05, 3.63) is 35.6 Å². The first-order valence-corrected chi connectivity index (χ1v) is 8.43. The predicted molar refractivity (Wildman–Crippen MR) is 84.9 cm³/mol. The van der Waals surface area contributed by atoms with Gasteiger partial charge in [-0.1, -0.05) is 18.6 Å². The molecule has 0 saturated carbocycles. The summed E-state index contributed by atoms with van der Waals surface area (Å²) in [5, 5.41) is 3.49. The monoisotopic (exact) mass is 290 g/mol. The second-order valence-corrected chi connectivity index (χ2v) is 6.89. The molecule has 2 aliphatic rings. The maximum absolute atomic E-state index is 13.1. The molecule has 0 radical (unpaired) electrons. The summed E-state index contributed by atoms with van der Waals surface area (Å²) < 4.78 is 13.1. The molecule has 0 spiro atoms. The molecular weight excluding hydrogens is 263 g/mol. The van der Waals surface area contributed by atoms with Gasteiger partial charge in [0.1, 0.15) is 5.82 Å². The largest absolute Gasteiger partial charge is 0.317 e. The van der Waals surface area contributed by atoms with Gasteiger partial charge in [0.05, 0.1) is 0 Å². The molecule has 2 saturated heterocycles. The van der Waals surface area contributed by atoms with Crippen LogP contribution in [0.4, 0.5) is 4.39 Å². The average molecular weight is 290 g/mol. The Morgan fingerprint density at radius 2 is 1.67 bits per heavy atom. The van der Waals surface area contributed by atoms with E-state index in [1.54, 1.807) is 12.1 Å². The second kappa shape index (κ2) is 6.89. The molecule has 3 heteroatoms. The van der Waals surface area contributed by atoms with Gasteiger partial charge in [-0.3, -0.25) is 0 Å². The molecule has 116 valence electrons. The quantitative estimate of drug-likeness (QED) is 0.916. The van der Waals surface area contributed by atoms with Gasteiger partial charge in [-0.2, -0.15) is 0 Å². The van der Waals surface area contributed by atoms with Crippen LogP contribution in [0.2, 0.25) is 0 Å². The highest BCUT2D eigenvalue weighted by molar-refractivity contribution is 5.18. The van der Waals surface area contributed by atoms with Gasteiger partial charge in [-0.25, -0.2) is 4.39 Å². The van der Waals surface area contributed by atoms with Crippen LogP contribution in [-0.4, -0.2) is 37.6 Å². The van der Waals surface area contributed by atoms with Crippen LogP contribution in [0.25, 0.3) is 0 Å². The van der Waals surface area contributed by atoms with Gasteiger partial charge >= 0.3 is 0 Å². The van der Waals surface area contributed by atoms with Crippen LogP contribution in [0.3, 0.4) is 0 Å². The molecule has 1 N–H and O–H groups in total. The molecule has 0 aromatic heterocycles. The lowest BCUT2D eigenvalue weighted by atomic mass is 9.73. The van der Waals surface area contributed by atoms with Crippen molar-refractivity contribution in [2.75, 3.05) is 32.7 Å². The van der Waals surface area contributed by atoms with Crippen LogP contribution in [0.1, 0.15) is 37.7 Å². The fraction of sp³-hybridized carbons (Fsp3) is 0.667. The van der Waals surface area contributed by atoms with Crippen molar-refractivity contribution in [1.29, 1.82) is 0 Å². The van der Waals surface area contributed by atoms with Crippen LogP contribution < -0.4 is 5.32 Å². The second-order valence-electron chi connectivity index (χ2n) is 6.89. The fourth-order valence-electron chi connectivity index (χ4n) is 3.98. The Morgan fingerprint density at radius 3 is 2.33 bits per heavy atom. The third-order valence-corrected chi connectivity index (χ3v) is 5.16. The molecule has 1 aromatic carbocycles. The van der Waals surface area contributed by atoms with Gasteiger partial charge in [0, 0.05) is 6.54 Å². The Labute approximate surface area is 127 Å². The Hall–Kier alpha value is -0.930. The summed E-state index contributed by atoms with van der Waals surface area (Å²) in [4.78, 5) is 2.67. The van der Waals surface area contributed by atoms with Crippen molar-refractivity contribution in [1.82, 2.24) is 10.2 Å². The highest BCUT2D eigenvalue weighted by atomic mass is 19.1. The lowest BCUT2D eigenvalue weighted by Crippen LogP contribution is -2.47. The van der Waals surface area contributed by atoms with Crippen molar-refractivity contribution in [3.63, 3.8) is 0 Å². The van der Waals surface area contributed by atoms with E-state index in [1.165, 1.54) is 57.3 Å². The van der Waals surface area contributed by atoms with Crippen molar-refractivity contribution in [2.24, 2.45) is 5.41 Å². The number of nitrogens with zero attached hydrogens (tertiary/aromatic N) is 1. The van der Waals surface area contributed by atoms with Gasteiger partial charge in [0.25, 0.3) is 0 Å². The maximum atomic E-state index is 13.1. The van der Waals surface area contributed by atoms with E-state index in [-0.39, 0.29) is 5.82 Å². The molecular formula is C18H27FN2. The number of halogens is 1. The van der Waals surface area contributed by atoms with Crippen molar-refractivity contribution in [2.45, 2.75) is 38.5 Å². The first-order valence-electron chi connectivity index (χ1n) is 8.43. The van der Waals surface area contributed by atoms with Crippen LogP contribution in [-0.2, 0) is 6.42 Å². The van der Waals surface area contributed by atoms with Gasteiger partial charge in [-0.05, 0) is 81.4 Å².